The fraction of sp³-hybridized carbons (Fsp3) is 0.185. The molecule has 0 unspecified atom stereocenters. The van der Waals surface area contributed by atoms with Crippen molar-refractivity contribution in [1.82, 2.24) is 19.2 Å². The van der Waals surface area contributed by atoms with Crippen LogP contribution in [0.25, 0.3) is 22.4 Å². The van der Waals surface area contributed by atoms with E-state index in [2.05, 4.69) is 15.5 Å². The first-order valence-electron chi connectivity index (χ1n) is 11.4. The van der Waals surface area contributed by atoms with Crippen molar-refractivity contribution in [2.24, 2.45) is 0 Å². The van der Waals surface area contributed by atoms with E-state index in [1.54, 1.807) is 13.2 Å². The molecule has 1 N–H and O–H groups in total. The molecule has 3 aromatic carbocycles. The van der Waals surface area contributed by atoms with Gasteiger partial charge < -0.3 is 10.1 Å². The molecule has 2 aromatic heterocycles. The zero-order valence-corrected chi connectivity index (χ0v) is 21.2. The predicted molar refractivity (Wildman–Crippen MR) is 143 cm³/mol. The van der Waals surface area contributed by atoms with Crippen LogP contribution in [0.2, 0.25) is 0 Å². The summed E-state index contributed by atoms with van der Waals surface area (Å²) in [7, 11) is 1.57. The second-order valence-corrected chi connectivity index (χ2v) is 9.48. The molecule has 0 saturated heterocycles. The first kappa shape index (κ1) is 23.6. The lowest BCUT2D eigenvalue weighted by atomic mass is 10.1. The highest BCUT2D eigenvalue weighted by Gasteiger charge is 2.20. The first-order valence-corrected chi connectivity index (χ1v) is 12.4. The molecule has 0 bridgehead atoms. The van der Waals surface area contributed by atoms with Crippen molar-refractivity contribution in [2.75, 3.05) is 18.2 Å². The normalized spacial score (nSPS) is 11.2. The number of aryl methyl sites for hydroxylation is 2. The molecule has 0 fully saturated rings. The molecule has 8 nitrogen and oxygen atoms in total. The molecule has 9 heteroatoms. The monoisotopic (exact) mass is 499 g/mol. The van der Waals surface area contributed by atoms with E-state index in [1.807, 2.05) is 79.8 Å². The largest absolute Gasteiger partial charge is 0.495 e. The van der Waals surface area contributed by atoms with Gasteiger partial charge in [0.25, 0.3) is 5.56 Å². The summed E-state index contributed by atoms with van der Waals surface area (Å²) in [6, 6.07) is 18.8. The van der Waals surface area contributed by atoms with Gasteiger partial charge in [-0.1, -0.05) is 42.1 Å². The summed E-state index contributed by atoms with van der Waals surface area (Å²) in [6.07, 6.45) is 0. The molecule has 36 heavy (non-hydrogen) atoms. The third-order valence-corrected chi connectivity index (χ3v) is 7.11. The summed E-state index contributed by atoms with van der Waals surface area (Å²) in [6.45, 7) is 5.94. The van der Waals surface area contributed by atoms with E-state index in [-0.39, 0.29) is 17.2 Å². The van der Waals surface area contributed by atoms with E-state index < -0.39 is 0 Å². The van der Waals surface area contributed by atoms with Crippen molar-refractivity contribution in [1.29, 1.82) is 0 Å². The quantitative estimate of drug-likeness (QED) is 0.341. The number of hydrogen-bond acceptors (Lipinski definition) is 6. The highest BCUT2D eigenvalue weighted by Crippen LogP contribution is 2.28. The number of carbonyl (C=O) groups excluding carboxylic acids is 1. The average molecular weight is 500 g/mol. The molecule has 0 aliphatic heterocycles. The predicted octanol–water partition coefficient (Wildman–Crippen LogP) is 4.70. The maximum Gasteiger partial charge on any atom is 0.267 e. The van der Waals surface area contributed by atoms with E-state index >= 15 is 0 Å². The van der Waals surface area contributed by atoms with E-state index in [9.17, 15) is 9.59 Å². The van der Waals surface area contributed by atoms with Crippen LogP contribution in [-0.4, -0.2) is 37.9 Å². The highest BCUT2D eigenvalue weighted by atomic mass is 32.2. The number of nitrogens with one attached hydrogen (secondary N) is 1. The van der Waals surface area contributed by atoms with Gasteiger partial charge in [0.05, 0.1) is 29.5 Å². The molecule has 0 aliphatic rings. The van der Waals surface area contributed by atoms with Crippen LogP contribution in [0.1, 0.15) is 16.7 Å². The van der Waals surface area contributed by atoms with Crippen LogP contribution in [-0.2, 0) is 4.79 Å². The number of thioether (sulfide) groups is 1. The Morgan fingerprint density at radius 3 is 2.64 bits per heavy atom. The minimum Gasteiger partial charge on any atom is -0.495 e. The van der Waals surface area contributed by atoms with Crippen molar-refractivity contribution in [3.8, 4) is 11.4 Å². The fourth-order valence-electron chi connectivity index (χ4n) is 4.17. The van der Waals surface area contributed by atoms with E-state index in [4.69, 9.17) is 4.74 Å². The molecule has 2 heterocycles. The van der Waals surface area contributed by atoms with Gasteiger partial charge in [-0.25, -0.2) is 4.57 Å². The standard InChI is InChI=1S/C27H25N5O3S/c1-16-12-13-23(35-4)22(14-16)31-25(34)19-9-5-6-11-21(19)32-26(31)29-30-27(32)36-15-24(33)28-20-10-7-8-17(2)18(20)3/h5-14H,15H2,1-4H3,(H,28,33). The van der Waals surface area contributed by atoms with Crippen LogP contribution in [0.3, 0.4) is 0 Å². The maximum atomic E-state index is 13.6. The van der Waals surface area contributed by atoms with E-state index in [0.29, 0.717) is 33.3 Å². The summed E-state index contributed by atoms with van der Waals surface area (Å²) >= 11 is 1.26. The van der Waals surface area contributed by atoms with Crippen molar-refractivity contribution in [3.05, 3.63) is 87.7 Å². The molecule has 0 saturated carbocycles. The van der Waals surface area contributed by atoms with Crippen molar-refractivity contribution >= 4 is 40.0 Å². The topological polar surface area (TPSA) is 90.5 Å². The SMILES string of the molecule is COc1ccc(C)cc1-n1c(=O)c2ccccc2n2c(SCC(=O)Nc3cccc(C)c3C)nnc12. The Morgan fingerprint density at radius 2 is 1.83 bits per heavy atom. The lowest BCUT2D eigenvalue weighted by Gasteiger charge is -2.14. The maximum absolute atomic E-state index is 13.6. The van der Waals surface area contributed by atoms with Crippen molar-refractivity contribution < 1.29 is 9.53 Å². The zero-order chi connectivity index (χ0) is 25.4. The van der Waals surface area contributed by atoms with Crippen LogP contribution < -0.4 is 15.6 Å². The molecule has 5 aromatic rings. The number of aromatic nitrogens is 4. The second kappa shape index (κ2) is 9.50. The van der Waals surface area contributed by atoms with Gasteiger partial charge in [0.2, 0.25) is 11.7 Å². The Hall–Kier alpha value is -4.11. The van der Waals surface area contributed by atoms with Crippen LogP contribution >= 0.6 is 11.8 Å². The number of para-hydroxylation sites is 1. The number of rotatable bonds is 6. The van der Waals surface area contributed by atoms with Crippen molar-refractivity contribution in [2.45, 2.75) is 25.9 Å². The molecular formula is C27H25N5O3S. The minimum absolute atomic E-state index is 0.134. The Labute approximate surface area is 211 Å². The zero-order valence-electron chi connectivity index (χ0n) is 20.4. The van der Waals surface area contributed by atoms with Gasteiger partial charge in [-0.2, -0.15) is 0 Å². The molecule has 0 atom stereocenters. The van der Waals surface area contributed by atoms with Gasteiger partial charge in [-0.15, -0.1) is 10.2 Å². The fourth-order valence-corrected chi connectivity index (χ4v) is 4.91. The van der Waals surface area contributed by atoms with Gasteiger partial charge in [0, 0.05) is 5.69 Å². The molecule has 0 spiro atoms. The third kappa shape index (κ3) is 4.11. The molecule has 1 amide bonds. The second-order valence-electron chi connectivity index (χ2n) is 8.54. The lowest BCUT2D eigenvalue weighted by molar-refractivity contribution is -0.113. The smallest absolute Gasteiger partial charge is 0.267 e. The van der Waals surface area contributed by atoms with Crippen LogP contribution in [0, 0.1) is 20.8 Å². The Kier molecular flexibility index (Phi) is 6.24. The van der Waals surface area contributed by atoms with Crippen LogP contribution in [0.15, 0.2) is 70.6 Å². The van der Waals surface area contributed by atoms with Gasteiger partial charge in [0.15, 0.2) is 5.16 Å². The number of amides is 1. The minimum atomic E-state index is -0.224. The Morgan fingerprint density at radius 1 is 1.03 bits per heavy atom. The van der Waals surface area contributed by atoms with E-state index in [1.165, 1.54) is 16.3 Å². The Balaban J connectivity index is 1.59. The average Bonchev–Trinajstić information content (AvgIpc) is 3.30. The number of benzene rings is 3. The molecular weight excluding hydrogens is 474 g/mol. The summed E-state index contributed by atoms with van der Waals surface area (Å²) < 4.78 is 8.88. The number of hydrogen-bond donors (Lipinski definition) is 1. The molecule has 0 aliphatic carbocycles. The van der Waals surface area contributed by atoms with Crippen molar-refractivity contribution in [3.63, 3.8) is 0 Å². The van der Waals surface area contributed by atoms with Crippen LogP contribution in [0.4, 0.5) is 5.69 Å². The van der Waals surface area contributed by atoms with Gasteiger partial charge >= 0.3 is 0 Å². The summed E-state index contributed by atoms with van der Waals surface area (Å²) in [5, 5.41) is 12.7. The van der Waals surface area contributed by atoms with Crippen LogP contribution in [0.5, 0.6) is 5.75 Å². The number of fused-ring (bicyclic) bond motifs is 3. The number of anilines is 1. The Bertz CT molecular complexity index is 1690. The lowest BCUT2D eigenvalue weighted by Crippen LogP contribution is -2.22. The van der Waals surface area contributed by atoms with Gasteiger partial charge in [0.1, 0.15) is 5.75 Å². The number of nitrogens with zero attached hydrogens (tertiary/aromatic N) is 4. The number of methoxy groups -OCH3 is 1. The summed E-state index contributed by atoms with van der Waals surface area (Å²) in [5.41, 5.74) is 4.93. The number of carbonyl (C=O) groups is 1. The molecule has 0 radical (unpaired) electrons. The van der Waals surface area contributed by atoms with Gasteiger partial charge in [-0.3, -0.25) is 14.0 Å². The molecule has 5 rings (SSSR count). The third-order valence-electron chi connectivity index (χ3n) is 6.18. The highest BCUT2D eigenvalue weighted by molar-refractivity contribution is 7.99. The van der Waals surface area contributed by atoms with E-state index in [0.717, 1.165) is 22.4 Å². The number of ether oxygens (including phenoxy) is 1. The summed E-state index contributed by atoms with van der Waals surface area (Å²) in [5.74, 6) is 0.878. The first-order chi connectivity index (χ1) is 17.4. The van der Waals surface area contributed by atoms with Gasteiger partial charge in [-0.05, 0) is 67.8 Å². The molecule has 182 valence electrons. The summed E-state index contributed by atoms with van der Waals surface area (Å²) in [4.78, 5) is 26.4.